The first kappa shape index (κ1) is 14.2. The summed E-state index contributed by atoms with van der Waals surface area (Å²) in [5, 5.41) is 11.4. The molecule has 1 aliphatic carbocycles. The summed E-state index contributed by atoms with van der Waals surface area (Å²) in [7, 11) is 0. The largest absolute Gasteiger partial charge is 0.475 e. The first-order valence-corrected chi connectivity index (χ1v) is 6.37. The Balaban J connectivity index is 2.18. The molecule has 2 rings (SSSR count). The number of carboxylic acids is 1. The fourth-order valence-electron chi connectivity index (χ4n) is 1.62. The van der Waals surface area contributed by atoms with Gasteiger partial charge in [-0.25, -0.2) is 19.6 Å². The lowest BCUT2D eigenvalue weighted by Gasteiger charge is -2.19. The number of carbonyl (C=O) groups is 2. The molecule has 1 amide bonds. The number of aromatic nitrogens is 2. The van der Waals surface area contributed by atoms with E-state index in [1.54, 1.807) is 26.8 Å². The minimum atomic E-state index is -1.22. The van der Waals surface area contributed by atoms with Gasteiger partial charge in [-0.15, -0.1) is 0 Å². The summed E-state index contributed by atoms with van der Waals surface area (Å²) >= 11 is 0. The Labute approximate surface area is 116 Å². The average Bonchev–Trinajstić information content (AvgIpc) is 3.09. The second-order valence-electron chi connectivity index (χ2n) is 5.71. The quantitative estimate of drug-likeness (QED) is 0.880. The zero-order valence-electron chi connectivity index (χ0n) is 11.6. The molecule has 20 heavy (non-hydrogen) atoms. The lowest BCUT2D eigenvalue weighted by molar-refractivity contribution is 0.0630. The van der Waals surface area contributed by atoms with Gasteiger partial charge < -0.3 is 9.84 Å². The molecule has 0 saturated heterocycles. The van der Waals surface area contributed by atoms with Gasteiger partial charge in [-0.05, 0) is 33.6 Å². The van der Waals surface area contributed by atoms with Crippen LogP contribution in [-0.2, 0) is 4.74 Å². The molecule has 1 aromatic rings. The number of nitrogens with zero attached hydrogens (tertiary/aromatic N) is 2. The van der Waals surface area contributed by atoms with Crippen LogP contribution in [0.5, 0.6) is 0 Å². The molecule has 0 radical (unpaired) electrons. The van der Waals surface area contributed by atoms with Crippen LogP contribution in [0, 0.1) is 0 Å². The maximum atomic E-state index is 11.7. The third-order valence-electron chi connectivity index (χ3n) is 2.56. The number of aromatic carboxylic acids is 1. The van der Waals surface area contributed by atoms with Crippen LogP contribution in [0.4, 0.5) is 10.6 Å². The minimum absolute atomic E-state index is 0.147. The summed E-state index contributed by atoms with van der Waals surface area (Å²) in [5.74, 6) is -1.14. The van der Waals surface area contributed by atoms with Gasteiger partial charge in [-0.2, -0.15) is 0 Å². The van der Waals surface area contributed by atoms with Crippen molar-refractivity contribution in [3.63, 3.8) is 0 Å². The van der Waals surface area contributed by atoms with Gasteiger partial charge in [0.05, 0.1) is 0 Å². The molecule has 1 heterocycles. The summed E-state index contributed by atoms with van der Waals surface area (Å²) in [6.07, 6.45) is 1.28. The van der Waals surface area contributed by atoms with Gasteiger partial charge in [0.2, 0.25) is 5.82 Å². The Kier molecular flexibility index (Phi) is 3.61. The number of amides is 1. The van der Waals surface area contributed by atoms with E-state index in [9.17, 15) is 9.59 Å². The molecular formula is C13H17N3O4. The van der Waals surface area contributed by atoms with Crippen molar-refractivity contribution in [2.24, 2.45) is 0 Å². The van der Waals surface area contributed by atoms with E-state index < -0.39 is 17.7 Å². The maximum Gasteiger partial charge on any atom is 0.413 e. The van der Waals surface area contributed by atoms with Crippen LogP contribution < -0.4 is 5.32 Å². The molecule has 2 N–H and O–H groups in total. The number of ether oxygens (including phenoxy) is 1. The van der Waals surface area contributed by atoms with Gasteiger partial charge in [-0.1, -0.05) is 0 Å². The number of rotatable bonds is 3. The molecule has 7 heteroatoms. The molecule has 0 atom stereocenters. The summed E-state index contributed by atoms with van der Waals surface area (Å²) in [6, 6.07) is 1.59. The Hall–Kier alpha value is -2.18. The number of nitrogens with one attached hydrogen (secondary N) is 1. The van der Waals surface area contributed by atoms with Gasteiger partial charge in [0.1, 0.15) is 11.4 Å². The van der Waals surface area contributed by atoms with Crippen LogP contribution in [0.25, 0.3) is 0 Å². The summed E-state index contributed by atoms with van der Waals surface area (Å²) in [5.41, 5.74) is 0.00922. The van der Waals surface area contributed by atoms with E-state index in [4.69, 9.17) is 9.84 Å². The van der Waals surface area contributed by atoms with Crippen LogP contribution in [-0.4, -0.2) is 32.7 Å². The second kappa shape index (κ2) is 5.07. The molecule has 1 aliphatic rings. The smallest absolute Gasteiger partial charge is 0.413 e. The summed E-state index contributed by atoms with van der Waals surface area (Å²) < 4.78 is 5.10. The number of carboxylic acid groups (broad SMARTS) is 1. The standard InChI is InChI=1S/C13H17N3O4/c1-13(2,3)20-12(19)16-9-6-8(7-4-5-7)14-10(15-9)11(17)18/h6-7H,4-5H2,1-3H3,(H,17,18)(H,14,15,16,19). The second-order valence-corrected chi connectivity index (χ2v) is 5.71. The molecule has 108 valence electrons. The zero-order chi connectivity index (χ0) is 14.9. The van der Waals surface area contributed by atoms with E-state index in [-0.39, 0.29) is 17.6 Å². The molecule has 0 bridgehead atoms. The van der Waals surface area contributed by atoms with Gasteiger partial charge >= 0.3 is 12.1 Å². The van der Waals surface area contributed by atoms with Gasteiger partial charge in [0.15, 0.2) is 0 Å². The first-order chi connectivity index (χ1) is 9.24. The minimum Gasteiger partial charge on any atom is -0.475 e. The van der Waals surface area contributed by atoms with Crippen molar-refractivity contribution in [3.8, 4) is 0 Å². The normalized spacial score (nSPS) is 14.8. The van der Waals surface area contributed by atoms with Gasteiger partial charge in [0, 0.05) is 17.7 Å². The number of carbonyl (C=O) groups excluding carboxylic acids is 1. The van der Waals surface area contributed by atoms with Gasteiger partial charge in [0.25, 0.3) is 0 Å². The molecule has 1 aromatic heterocycles. The number of hydrogen-bond acceptors (Lipinski definition) is 5. The molecule has 0 unspecified atom stereocenters. The first-order valence-electron chi connectivity index (χ1n) is 6.37. The van der Waals surface area contributed by atoms with E-state index in [0.29, 0.717) is 5.69 Å². The van der Waals surface area contributed by atoms with Crippen molar-refractivity contribution in [2.45, 2.75) is 45.1 Å². The Morgan fingerprint density at radius 1 is 1.35 bits per heavy atom. The van der Waals surface area contributed by atoms with Crippen LogP contribution in [0.15, 0.2) is 6.07 Å². The predicted molar refractivity (Wildman–Crippen MR) is 70.8 cm³/mol. The van der Waals surface area contributed by atoms with Crippen LogP contribution in [0.1, 0.15) is 55.8 Å². The summed E-state index contributed by atoms with van der Waals surface area (Å²) in [6.45, 7) is 5.22. The highest BCUT2D eigenvalue weighted by Crippen LogP contribution is 2.39. The van der Waals surface area contributed by atoms with E-state index in [1.165, 1.54) is 0 Å². The maximum absolute atomic E-state index is 11.7. The van der Waals surface area contributed by atoms with Crippen molar-refractivity contribution in [1.82, 2.24) is 9.97 Å². The van der Waals surface area contributed by atoms with Gasteiger partial charge in [-0.3, -0.25) is 5.32 Å². The third kappa shape index (κ3) is 3.91. The third-order valence-corrected chi connectivity index (χ3v) is 2.56. The van der Waals surface area contributed by atoms with Crippen LogP contribution in [0.3, 0.4) is 0 Å². The highest BCUT2D eigenvalue weighted by molar-refractivity contribution is 5.86. The number of hydrogen-bond donors (Lipinski definition) is 2. The van der Waals surface area contributed by atoms with E-state index >= 15 is 0 Å². The Bertz CT molecular complexity index is 547. The van der Waals surface area contributed by atoms with Crippen molar-refractivity contribution < 1.29 is 19.4 Å². The van der Waals surface area contributed by atoms with E-state index in [0.717, 1.165) is 12.8 Å². The lowest BCUT2D eigenvalue weighted by atomic mass is 10.2. The molecule has 0 spiro atoms. The van der Waals surface area contributed by atoms with E-state index in [1.807, 2.05) is 0 Å². The summed E-state index contributed by atoms with van der Waals surface area (Å²) in [4.78, 5) is 30.4. The van der Waals surface area contributed by atoms with Crippen molar-refractivity contribution >= 4 is 17.9 Å². The van der Waals surface area contributed by atoms with Crippen molar-refractivity contribution in [1.29, 1.82) is 0 Å². The fourth-order valence-corrected chi connectivity index (χ4v) is 1.62. The predicted octanol–water partition coefficient (Wildman–Crippen LogP) is 2.40. The molecule has 0 aromatic carbocycles. The molecule has 7 nitrogen and oxygen atoms in total. The van der Waals surface area contributed by atoms with Crippen molar-refractivity contribution in [3.05, 3.63) is 17.6 Å². The average molecular weight is 279 g/mol. The molecule has 0 aliphatic heterocycles. The number of anilines is 1. The Morgan fingerprint density at radius 3 is 2.50 bits per heavy atom. The SMILES string of the molecule is CC(C)(C)OC(=O)Nc1cc(C2CC2)nc(C(=O)O)n1. The molecular weight excluding hydrogens is 262 g/mol. The lowest BCUT2D eigenvalue weighted by Crippen LogP contribution is -2.27. The Morgan fingerprint density at radius 2 is 2.00 bits per heavy atom. The topological polar surface area (TPSA) is 101 Å². The monoisotopic (exact) mass is 279 g/mol. The van der Waals surface area contributed by atoms with E-state index in [2.05, 4.69) is 15.3 Å². The van der Waals surface area contributed by atoms with Crippen LogP contribution in [0.2, 0.25) is 0 Å². The fraction of sp³-hybridized carbons (Fsp3) is 0.538. The highest BCUT2D eigenvalue weighted by Gasteiger charge is 2.27. The molecule has 1 saturated carbocycles. The molecule has 1 fully saturated rings. The highest BCUT2D eigenvalue weighted by atomic mass is 16.6. The van der Waals surface area contributed by atoms with Crippen LogP contribution >= 0.6 is 0 Å². The van der Waals surface area contributed by atoms with Crippen molar-refractivity contribution in [2.75, 3.05) is 5.32 Å². The zero-order valence-corrected chi connectivity index (χ0v) is 11.6.